The third-order valence-electron chi connectivity index (χ3n) is 2.42. The Hall–Kier alpha value is -0.810. The summed E-state index contributed by atoms with van der Waals surface area (Å²) in [5.41, 5.74) is 0.938. The molecule has 0 fully saturated rings. The first kappa shape index (κ1) is 15.2. The summed E-state index contributed by atoms with van der Waals surface area (Å²) in [4.78, 5) is 0. The molecular weight excluding hydrogens is 254 g/mol. The lowest BCUT2D eigenvalue weighted by Crippen LogP contribution is -2.19. The zero-order valence-corrected chi connectivity index (χ0v) is 11.4. The first-order valence-corrected chi connectivity index (χ1v) is 6.38. The molecule has 4 nitrogen and oxygen atoms in total. The van der Waals surface area contributed by atoms with Gasteiger partial charge in [0, 0.05) is 43.8 Å². The number of halogens is 1. The molecule has 0 amide bonds. The molecule has 0 unspecified atom stereocenters. The van der Waals surface area contributed by atoms with Gasteiger partial charge in [-0.05, 0) is 12.1 Å². The predicted octanol–water partition coefficient (Wildman–Crippen LogP) is 1.84. The van der Waals surface area contributed by atoms with Crippen molar-refractivity contribution in [3.63, 3.8) is 0 Å². The highest BCUT2D eigenvalue weighted by Crippen LogP contribution is 2.26. The number of methoxy groups -OCH3 is 1. The fourth-order valence-electron chi connectivity index (χ4n) is 1.48. The lowest BCUT2D eigenvalue weighted by Gasteiger charge is -2.13. The van der Waals surface area contributed by atoms with Gasteiger partial charge in [-0.25, -0.2) is 0 Å². The summed E-state index contributed by atoms with van der Waals surface area (Å²) in [6, 6.07) is 5.58. The Morgan fingerprint density at radius 3 is 2.89 bits per heavy atom. The Kier molecular flexibility index (Phi) is 7.76. The second kappa shape index (κ2) is 9.16. The van der Waals surface area contributed by atoms with Crippen molar-refractivity contribution in [1.82, 2.24) is 5.32 Å². The van der Waals surface area contributed by atoms with Gasteiger partial charge in [0.1, 0.15) is 5.75 Å². The van der Waals surface area contributed by atoms with Gasteiger partial charge in [0.05, 0.1) is 13.2 Å². The van der Waals surface area contributed by atoms with Crippen molar-refractivity contribution < 1.29 is 14.6 Å². The number of nitrogens with one attached hydrogen (secondary N) is 1. The smallest absolute Gasteiger partial charge is 0.125 e. The molecule has 0 aliphatic rings. The van der Waals surface area contributed by atoms with E-state index in [4.69, 9.17) is 26.2 Å². The van der Waals surface area contributed by atoms with Gasteiger partial charge in [-0.1, -0.05) is 17.7 Å². The lowest BCUT2D eigenvalue weighted by atomic mass is 10.2. The van der Waals surface area contributed by atoms with Crippen molar-refractivity contribution in [2.75, 3.05) is 33.5 Å². The van der Waals surface area contributed by atoms with E-state index >= 15 is 0 Å². The Labute approximate surface area is 113 Å². The van der Waals surface area contributed by atoms with Crippen molar-refractivity contribution in [3.05, 3.63) is 28.8 Å². The van der Waals surface area contributed by atoms with Gasteiger partial charge in [0.2, 0.25) is 0 Å². The van der Waals surface area contributed by atoms with Crippen molar-refractivity contribution >= 4 is 11.6 Å². The van der Waals surface area contributed by atoms with Gasteiger partial charge in [-0.3, -0.25) is 0 Å². The molecule has 0 aromatic heterocycles. The predicted molar refractivity (Wildman–Crippen MR) is 72.2 cm³/mol. The third kappa shape index (κ3) is 5.23. The molecule has 102 valence electrons. The van der Waals surface area contributed by atoms with E-state index in [1.165, 1.54) is 0 Å². The quantitative estimate of drug-likeness (QED) is 0.674. The number of aliphatic hydroxyl groups excluding tert-OH is 1. The monoisotopic (exact) mass is 273 g/mol. The molecule has 0 bridgehead atoms. The van der Waals surface area contributed by atoms with E-state index in [1.807, 2.05) is 18.2 Å². The first-order chi connectivity index (χ1) is 8.79. The molecule has 0 saturated heterocycles. The van der Waals surface area contributed by atoms with Crippen LogP contribution in [0.15, 0.2) is 18.2 Å². The van der Waals surface area contributed by atoms with E-state index in [-0.39, 0.29) is 6.61 Å². The van der Waals surface area contributed by atoms with Crippen LogP contribution in [0.3, 0.4) is 0 Å². The highest BCUT2D eigenvalue weighted by Gasteiger charge is 2.07. The minimum atomic E-state index is 0.127. The maximum absolute atomic E-state index is 8.74. The number of benzene rings is 1. The number of rotatable bonds is 9. The molecule has 0 aliphatic heterocycles. The minimum absolute atomic E-state index is 0.127. The average Bonchev–Trinajstić information content (AvgIpc) is 2.37. The molecule has 0 spiro atoms. The topological polar surface area (TPSA) is 50.7 Å². The molecule has 0 heterocycles. The standard InChI is InChI=1S/C13H20ClNO3/c1-17-9-6-15-10-11-12(14)4-2-5-13(11)18-8-3-7-16/h2,4-5,15-16H,3,6-10H2,1H3. The van der Waals surface area contributed by atoms with Crippen LogP contribution in [-0.2, 0) is 11.3 Å². The van der Waals surface area contributed by atoms with Crippen LogP contribution < -0.4 is 10.1 Å². The Morgan fingerprint density at radius 2 is 2.17 bits per heavy atom. The van der Waals surface area contributed by atoms with Crippen molar-refractivity contribution in [2.45, 2.75) is 13.0 Å². The summed E-state index contributed by atoms with van der Waals surface area (Å²) in [5.74, 6) is 0.765. The molecule has 1 rings (SSSR count). The van der Waals surface area contributed by atoms with E-state index in [0.29, 0.717) is 31.2 Å². The fourth-order valence-corrected chi connectivity index (χ4v) is 1.71. The van der Waals surface area contributed by atoms with E-state index in [0.717, 1.165) is 17.9 Å². The Bertz CT molecular complexity index is 347. The second-order valence-electron chi connectivity index (χ2n) is 3.81. The first-order valence-electron chi connectivity index (χ1n) is 6.00. The van der Waals surface area contributed by atoms with Crippen LogP contribution >= 0.6 is 11.6 Å². The zero-order chi connectivity index (χ0) is 13.2. The van der Waals surface area contributed by atoms with Crippen LogP contribution in [0.4, 0.5) is 0 Å². The molecule has 0 atom stereocenters. The van der Waals surface area contributed by atoms with E-state index < -0.39 is 0 Å². The van der Waals surface area contributed by atoms with Crippen molar-refractivity contribution in [3.8, 4) is 5.75 Å². The van der Waals surface area contributed by atoms with Crippen LogP contribution in [0.25, 0.3) is 0 Å². The van der Waals surface area contributed by atoms with Gasteiger partial charge < -0.3 is 19.9 Å². The molecule has 1 aromatic rings. The lowest BCUT2D eigenvalue weighted by molar-refractivity contribution is 0.198. The van der Waals surface area contributed by atoms with E-state index in [1.54, 1.807) is 7.11 Å². The summed E-state index contributed by atoms with van der Waals surface area (Å²) < 4.78 is 10.6. The Balaban J connectivity index is 2.56. The molecule has 1 aromatic carbocycles. The number of hydrogen-bond donors (Lipinski definition) is 2. The molecule has 2 N–H and O–H groups in total. The van der Waals surface area contributed by atoms with Crippen molar-refractivity contribution in [1.29, 1.82) is 0 Å². The summed E-state index contributed by atoms with van der Waals surface area (Å²) >= 11 is 6.15. The molecule has 18 heavy (non-hydrogen) atoms. The normalized spacial score (nSPS) is 10.6. The molecular formula is C13H20ClNO3. The number of aliphatic hydroxyl groups is 1. The van der Waals surface area contributed by atoms with Crippen LogP contribution in [0.1, 0.15) is 12.0 Å². The highest BCUT2D eigenvalue weighted by molar-refractivity contribution is 6.31. The van der Waals surface area contributed by atoms with Crippen LogP contribution in [0.5, 0.6) is 5.75 Å². The number of ether oxygens (including phenoxy) is 2. The van der Waals surface area contributed by atoms with E-state index in [9.17, 15) is 0 Å². The molecule has 0 radical (unpaired) electrons. The minimum Gasteiger partial charge on any atom is -0.493 e. The third-order valence-corrected chi connectivity index (χ3v) is 2.77. The largest absolute Gasteiger partial charge is 0.493 e. The van der Waals surface area contributed by atoms with Gasteiger partial charge in [0.25, 0.3) is 0 Å². The Morgan fingerprint density at radius 1 is 1.33 bits per heavy atom. The second-order valence-corrected chi connectivity index (χ2v) is 4.22. The van der Waals surface area contributed by atoms with Gasteiger partial charge >= 0.3 is 0 Å². The van der Waals surface area contributed by atoms with Crippen LogP contribution in [0, 0.1) is 0 Å². The van der Waals surface area contributed by atoms with E-state index in [2.05, 4.69) is 5.32 Å². The van der Waals surface area contributed by atoms with Gasteiger partial charge in [-0.2, -0.15) is 0 Å². The van der Waals surface area contributed by atoms with Crippen molar-refractivity contribution in [2.24, 2.45) is 0 Å². The fraction of sp³-hybridized carbons (Fsp3) is 0.538. The maximum atomic E-state index is 8.74. The van der Waals surface area contributed by atoms with Crippen LogP contribution in [0.2, 0.25) is 5.02 Å². The molecule has 0 aliphatic carbocycles. The molecule has 0 saturated carbocycles. The summed E-state index contributed by atoms with van der Waals surface area (Å²) in [6.07, 6.45) is 0.614. The van der Waals surface area contributed by atoms with Gasteiger partial charge in [0.15, 0.2) is 0 Å². The average molecular weight is 274 g/mol. The van der Waals surface area contributed by atoms with Gasteiger partial charge in [-0.15, -0.1) is 0 Å². The summed E-state index contributed by atoms with van der Waals surface area (Å²) in [5, 5.41) is 12.7. The number of hydrogen-bond acceptors (Lipinski definition) is 4. The summed E-state index contributed by atoms with van der Waals surface area (Å²) in [7, 11) is 1.67. The zero-order valence-electron chi connectivity index (χ0n) is 10.6. The highest BCUT2D eigenvalue weighted by atomic mass is 35.5. The maximum Gasteiger partial charge on any atom is 0.125 e. The SMILES string of the molecule is COCCNCc1c(Cl)cccc1OCCCO. The molecule has 5 heteroatoms. The van der Waals surface area contributed by atoms with Crippen LogP contribution in [-0.4, -0.2) is 38.6 Å². The summed E-state index contributed by atoms with van der Waals surface area (Å²) in [6.45, 7) is 2.67.